The fraction of sp³-hybridized carbons (Fsp3) is 0.474. The molecule has 0 radical (unpaired) electrons. The van der Waals surface area contributed by atoms with Crippen molar-refractivity contribution in [2.75, 3.05) is 19.7 Å². The van der Waals surface area contributed by atoms with Crippen LogP contribution in [0, 0.1) is 13.8 Å². The summed E-state index contributed by atoms with van der Waals surface area (Å²) in [6.07, 6.45) is 1.71. The minimum absolute atomic E-state index is 0.122. The van der Waals surface area contributed by atoms with E-state index in [2.05, 4.69) is 28.7 Å². The molecule has 25 heavy (non-hydrogen) atoms. The first kappa shape index (κ1) is 17.3. The molecule has 0 saturated heterocycles. The number of rotatable bonds is 5. The number of fused-ring (bicyclic) bond motifs is 1. The highest BCUT2D eigenvalue weighted by Gasteiger charge is 2.21. The molecule has 1 aliphatic rings. The molecule has 2 amide bonds. The number of hydrogen-bond acceptors (Lipinski definition) is 3. The van der Waals surface area contributed by atoms with Gasteiger partial charge in [0.25, 0.3) is 0 Å². The molecule has 6 nitrogen and oxygen atoms in total. The maximum absolute atomic E-state index is 12.1. The number of urea groups is 1. The van der Waals surface area contributed by atoms with Crippen molar-refractivity contribution in [2.45, 2.75) is 32.6 Å². The zero-order valence-corrected chi connectivity index (χ0v) is 15.1. The van der Waals surface area contributed by atoms with Crippen LogP contribution in [-0.2, 0) is 13.5 Å². The van der Waals surface area contributed by atoms with Crippen molar-refractivity contribution in [1.29, 1.82) is 0 Å². The van der Waals surface area contributed by atoms with Crippen molar-refractivity contribution in [3.05, 3.63) is 46.8 Å². The van der Waals surface area contributed by atoms with E-state index in [1.165, 1.54) is 11.1 Å². The minimum atomic E-state index is -0.122. The molecule has 0 bridgehead atoms. The summed E-state index contributed by atoms with van der Waals surface area (Å²) in [5, 5.41) is 10.3. The van der Waals surface area contributed by atoms with Crippen molar-refractivity contribution < 1.29 is 9.53 Å². The Labute approximate surface area is 148 Å². The summed E-state index contributed by atoms with van der Waals surface area (Å²) >= 11 is 0. The molecule has 0 aliphatic carbocycles. The normalized spacial score (nSPS) is 16.0. The van der Waals surface area contributed by atoms with E-state index in [0.717, 1.165) is 30.0 Å². The van der Waals surface area contributed by atoms with Gasteiger partial charge in [-0.2, -0.15) is 5.10 Å². The molecule has 0 saturated carbocycles. The number of aromatic nitrogens is 2. The fourth-order valence-electron chi connectivity index (χ4n) is 3.39. The maximum atomic E-state index is 12.1. The van der Waals surface area contributed by atoms with Gasteiger partial charge in [0, 0.05) is 31.7 Å². The molecule has 1 aliphatic heterocycles. The van der Waals surface area contributed by atoms with Crippen molar-refractivity contribution in [1.82, 2.24) is 20.4 Å². The Hall–Kier alpha value is -2.50. The lowest BCUT2D eigenvalue weighted by atomic mass is 9.93. The van der Waals surface area contributed by atoms with Crippen molar-refractivity contribution in [3.63, 3.8) is 0 Å². The molecular formula is C19H26N4O2. The van der Waals surface area contributed by atoms with E-state index in [0.29, 0.717) is 25.6 Å². The average Bonchev–Trinajstić information content (AvgIpc) is 2.86. The number of nitrogens with one attached hydrogen (secondary N) is 2. The Bertz CT molecular complexity index is 754. The molecule has 2 N–H and O–H groups in total. The standard InChI is InChI=1S/C19H26N4O2/c1-13-16(14(2)23(3)22-13)8-10-20-19(24)21-12-15-9-11-25-18-7-5-4-6-17(15)18/h4-7,15H,8-12H2,1-3H3,(H2,20,21,24). The quantitative estimate of drug-likeness (QED) is 0.877. The minimum Gasteiger partial charge on any atom is -0.493 e. The first-order valence-corrected chi connectivity index (χ1v) is 8.78. The van der Waals surface area contributed by atoms with Gasteiger partial charge >= 0.3 is 6.03 Å². The zero-order valence-electron chi connectivity index (χ0n) is 15.1. The molecule has 3 rings (SSSR count). The van der Waals surface area contributed by atoms with Crippen LogP contribution in [0.3, 0.4) is 0 Å². The summed E-state index contributed by atoms with van der Waals surface area (Å²) in [4.78, 5) is 12.1. The van der Waals surface area contributed by atoms with E-state index in [1.54, 1.807) is 0 Å². The third kappa shape index (κ3) is 3.95. The zero-order chi connectivity index (χ0) is 17.8. The summed E-state index contributed by atoms with van der Waals surface area (Å²) in [6, 6.07) is 7.93. The molecule has 134 valence electrons. The smallest absolute Gasteiger partial charge is 0.314 e. The molecule has 2 heterocycles. The molecule has 1 aromatic carbocycles. The van der Waals surface area contributed by atoms with Crippen LogP contribution in [0.1, 0.15) is 34.9 Å². The molecule has 1 aromatic heterocycles. The number of carbonyl (C=O) groups excluding carboxylic acids is 1. The van der Waals surface area contributed by atoms with E-state index < -0.39 is 0 Å². The lowest BCUT2D eigenvalue weighted by molar-refractivity contribution is 0.235. The lowest BCUT2D eigenvalue weighted by Crippen LogP contribution is -2.39. The molecule has 6 heteroatoms. The first-order chi connectivity index (χ1) is 12.1. The van der Waals surface area contributed by atoms with Crippen LogP contribution < -0.4 is 15.4 Å². The summed E-state index contributed by atoms with van der Waals surface area (Å²) in [7, 11) is 1.94. The number of amides is 2. The monoisotopic (exact) mass is 342 g/mol. The van der Waals surface area contributed by atoms with Crippen LogP contribution >= 0.6 is 0 Å². The number of benzene rings is 1. The van der Waals surface area contributed by atoms with E-state index in [9.17, 15) is 4.79 Å². The van der Waals surface area contributed by atoms with Gasteiger partial charge < -0.3 is 15.4 Å². The average molecular weight is 342 g/mol. The van der Waals surface area contributed by atoms with E-state index in [1.807, 2.05) is 36.9 Å². The van der Waals surface area contributed by atoms with Crippen LogP contribution in [0.4, 0.5) is 4.79 Å². The Balaban J connectivity index is 1.46. The molecule has 0 spiro atoms. The molecular weight excluding hydrogens is 316 g/mol. The highest BCUT2D eigenvalue weighted by atomic mass is 16.5. The number of hydrogen-bond donors (Lipinski definition) is 2. The third-order valence-corrected chi connectivity index (χ3v) is 4.91. The van der Waals surface area contributed by atoms with Crippen LogP contribution in [-0.4, -0.2) is 35.5 Å². The van der Waals surface area contributed by atoms with Gasteiger partial charge in [-0.3, -0.25) is 4.68 Å². The van der Waals surface area contributed by atoms with Gasteiger partial charge in [-0.05, 0) is 43.9 Å². The van der Waals surface area contributed by atoms with Crippen molar-refractivity contribution in [3.8, 4) is 5.75 Å². The number of carbonyl (C=O) groups is 1. The maximum Gasteiger partial charge on any atom is 0.314 e. The summed E-state index contributed by atoms with van der Waals surface area (Å²) in [5.74, 6) is 1.24. The molecule has 1 unspecified atom stereocenters. The van der Waals surface area contributed by atoms with Crippen LogP contribution in [0.2, 0.25) is 0 Å². The summed E-state index contributed by atoms with van der Waals surface area (Å²) in [6.45, 7) is 5.98. The van der Waals surface area contributed by atoms with Crippen LogP contribution in [0.15, 0.2) is 24.3 Å². The van der Waals surface area contributed by atoms with E-state index in [4.69, 9.17) is 4.74 Å². The highest BCUT2D eigenvalue weighted by molar-refractivity contribution is 5.73. The second-order valence-corrected chi connectivity index (χ2v) is 6.53. The van der Waals surface area contributed by atoms with Gasteiger partial charge in [0.15, 0.2) is 0 Å². The summed E-state index contributed by atoms with van der Waals surface area (Å²) < 4.78 is 7.54. The van der Waals surface area contributed by atoms with Gasteiger partial charge in [-0.1, -0.05) is 18.2 Å². The van der Waals surface area contributed by atoms with E-state index in [-0.39, 0.29) is 6.03 Å². The van der Waals surface area contributed by atoms with Gasteiger partial charge in [0.05, 0.1) is 12.3 Å². The Morgan fingerprint density at radius 3 is 2.88 bits per heavy atom. The predicted molar refractivity (Wildman–Crippen MR) is 97.1 cm³/mol. The Morgan fingerprint density at radius 2 is 2.12 bits per heavy atom. The van der Waals surface area contributed by atoms with Crippen LogP contribution in [0.25, 0.3) is 0 Å². The largest absolute Gasteiger partial charge is 0.493 e. The molecule has 1 atom stereocenters. The fourth-order valence-corrected chi connectivity index (χ4v) is 3.39. The van der Waals surface area contributed by atoms with Crippen LogP contribution in [0.5, 0.6) is 5.75 Å². The molecule has 2 aromatic rings. The van der Waals surface area contributed by atoms with Gasteiger partial charge in [-0.25, -0.2) is 4.79 Å². The first-order valence-electron chi connectivity index (χ1n) is 8.78. The van der Waals surface area contributed by atoms with Gasteiger partial charge in [0.2, 0.25) is 0 Å². The lowest BCUT2D eigenvalue weighted by Gasteiger charge is -2.26. The topological polar surface area (TPSA) is 68.2 Å². The third-order valence-electron chi connectivity index (χ3n) is 4.91. The predicted octanol–water partition coefficient (Wildman–Crippen LogP) is 2.44. The number of ether oxygens (including phenoxy) is 1. The Kier molecular flexibility index (Phi) is 5.26. The van der Waals surface area contributed by atoms with E-state index >= 15 is 0 Å². The van der Waals surface area contributed by atoms with Gasteiger partial charge in [0.1, 0.15) is 5.75 Å². The number of nitrogens with zero attached hydrogens (tertiary/aromatic N) is 2. The second-order valence-electron chi connectivity index (χ2n) is 6.53. The number of aryl methyl sites for hydroxylation is 2. The second kappa shape index (κ2) is 7.59. The Morgan fingerprint density at radius 1 is 1.32 bits per heavy atom. The summed E-state index contributed by atoms with van der Waals surface area (Å²) in [5.41, 5.74) is 4.57. The van der Waals surface area contributed by atoms with Gasteiger partial charge in [-0.15, -0.1) is 0 Å². The number of para-hydroxylation sites is 1. The molecule has 0 fully saturated rings. The van der Waals surface area contributed by atoms with Crippen molar-refractivity contribution >= 4 is 6.03 Å². The SMILES string of the molecule is Cc1nn(C)c(C)c1CCNC(=O)NCC1CCOc2ccccc21. The highest BCUT2D eigenvalue weighted by Crippen LogP contribution is 2.32. The van der Waals surface area contributed by atoms with Crippen molar-refractivity contribution in [2.24, 2.45) is 7.05 Å².